The second kappa shape index (κ2) is 10.1. The molecule has 0 bridgehead atoms. The van der Waals surface area contributed by atoms with Crippen molar-refractivity contribution in [2.45, 2.75) is 24.3 Å². The Morgan fingerprint density at radius 1 is 1.00 bits per heavy atom. The molecule has 8 nitrogen and oxygen atoms in total. The Kier molecular flexibility index (Phi) is 7.52. The Balaban J connectivity index is 1.61. The van der Waals surface area contributed by atoms with Crippen LogP contribution in [0.1, 0.15) is 28.8 Å². The summed E-state index contributed by atoms with van der Waals surface area (Å²) in [4.78, 5) is 29.1. The van der Waals surface area contributed by atoms with Crippen molar-refractivity contribution >= 4 is 27.5 Å². The lowest BCUT2D eigenvalue weighted by Crippen LogP contribution is -2.38. The molecule has 0 saturated carbocycles. The van der Waals surface area contributed by atoms with E-state index in [2.05, 4.69) is 16.3 Å². The number of hydrogen-bond acceptors (Lipinski definition) is 5. The number of rotatable bonds is 8. The summed E-state index contributed by atoms with van der Waals surface area (Å²) in [6.45, 7) is 2.31. The zero-order valence-electron chi connectivity index (χ0n) is 18.7. The van der Waals surface area contributed by atoms with Crippen LogP contribution in [0.15, 0.2) is 53.4 Å². The molecule has 1 aliphatic rings. The molecule has 1 heterocycles. The first-order valence-electron chi connectivity index (χ1n) is 10.6. The van der Waals surface area contributed by atoms with Gasteiger partial charge in [0, 0.05) is 52.0 Å². The van der Waals surface area contributed by atoms with Gasteiger partial charge in [0.05, 0.1) is 11.4 Å². The van der Waals surface area contributed by atoms with Gasteiger partial charge in [0.2, 0.25) is 15.9 Å². The molecule has 172 valence electrons. The summed E-state index contributed by atoms with van der Waals surface area (Å²) < 4.78 is 25.7. The van der Waals surface area contributed by atoms with E-state index in [-0.39, 0.29) is 22.9 Å². The Hall–Kier alpha value is -2.91. The molecule has 0 spiro atoms. The maximum Gasteiger partial charge on any atom is 0.251 e. The number of para-hydroxylation sites is 1. The Bertz CT molecular complexity index is 1080. The van der Waals surface area contributed by atoms with Crippen molar-refractivity contribution < 1.29 is 18.0 Å². The van der Waals surface area contributed by atoms with Gasteiger partial charge < -0.3 is 15.1 Å². The molecule has 0 aromatic heterocycles. The molecule has 3 rings (SSSR count). The van der Waals surface area contributed by atoms with E-state index in [0.717, 1.165) is 28.6 Å². The largest absolute Gasteiger partial charge is 0.371 e. The van der Waals surface area contributed by atoms with Crippen molar-refractivity contribution in [2.24, 2.45) is 0 Å². The van der Waals surface area contributed by atoms with Crippen molar-refractivity contribution in [1.29, 1.82) is 0 Å². The summed E-state index contributed by atoms with van der Waals surface area (Å²) in [6.07, 6.45) is 2.35. The van der Waals surface area contributed by atoms with E-state index in [1.807, 2.05) is 18.2 Å². The van der Waals surface area contributed by atoms with Gasteiger partial charge in [-0.25, -0.2) is 12.7 Å². The number of benzene rings is 2. The lowest BCUT2D eigenvalue weighted by Gasteiger charge is -2.24. The third-order valence-electron chi connectivity index (χ3n) is 5.55. The fourth-order valence-corrected chi connectivity index (χ4v) is 4.60. The molecule has 9 heteroatoms. The van der Waals surface area contributed by atoms with Gasteiger partial charge in [0.1, 0.15) is 0 Å². The first-order valence-corrected chi connectivity index (χ1v) is 12.0. The van der Waals surface area contributed by atoms with E-state index < -0.39 is 15.9 Å². The molecule has 1 N–H and O–H groups in total. The molecule has 2 aromatic rings. The maximum absolute atomic E-state index is 12.6. The highest BCUT2D eigenvalue weighted by atomic mass is 32.2. The predicted molar refractivity (Wildman–Crippen MR) is 124 cm³/mol. The molecular weight excluding hydrogens is 428 g/mol. The lowest BCUT2D eigenvalue weighted by atomic mass is 10.1. The number of nitrogens with one attached hydrogen (secondary N) is 1. The SMILES string of the molecule is CN(Cc1ccccc1N1CCCC1)C(=O)CNC(=O)c1cccc(S(=O)(=O)N(C)C)c1. The topological polar surface area (TPSA) is 90.0 Å². The van der Waals surface area contributed by atoms with Crippen LogP contribution < -0.4 is 10.2 Å². The second-order valence-electron chi connectivity index (χ2n) is 8.07. The van der Waals surface area contributed by atoms with Gasteiger partial charge in [-0.2, -0.15) is 0 Å². The smallest absolute Gasteiger partial charge is 0.251 e. The van der Waals surface area contributed by atoms with Gasteiger partial charge in [-0.15, -0.1) is 0 Å². The number of sulfonamides is 1. The van der Waals surface area contributed by atoms with Crippen LogP contribution in [0.3, 0.4) is 0 Å². The highest BCUT2D eigenvalue weighted by Crippen LogP contribution is 2.25. The van der Waals surface area contributed by atoms with E-state index >= 15 is 0 Å². The van der Waals surface area contributed by atoms with Gasteiger partial charge in [-0.05, 0) is 42.7 Å². The zero-order valence-corrected chi connectivity index (χ0v) is 19.6. The fourth-order valence-electron chi connectivity index (χ4n) is 3.66. The van der Waals surface area contributed by atoms with Gasteiger partial charge >= 0.3 is 0 Å². The Morgan fingerprint density at radius 3 is 2.38 bits per heavy atom. The number of carbonyl (C=O) groups excluding carboxylic acids is 2. The number of carbonyl (C=O) groups is 2. The number of likely N-dealkylation sites (N-methyl/N-ethyl adjacent to an activating group) is 1. The molecule has 2 amide bonds. The molecule has 0 radical (unpaired) electrons. The zero-order chi connectivity index (χ0) is 23.3. The van der Waals surface area contributed by atoms with Crippen LogP contribution in [0.5, 0.6) is 0 Å². The fraction of sp³-hybridized carbons (Fsp3) is 0.391. The molecule has 0 aliphatic carbocycles. The van der Waals surface area contributed by atoms with E-state index in [4.69, 9.17) is 0 Å². The molecule has 0 atom stereocenters. The quantitative estimate of drug-likeness (QED) is 0.653. The van der Waals surface area contributed by atoms with Gasteiger partial charge in [-0.3, -0.25) is 9.59 Å². The molecule has 1 fully saturated rings. The van der Waals surface area contributed by atoms with Crippen molar-refractivity contribution in [2.75, 3.05) is 45.7 Å². The van der Waals surface area contributed by atoms with Crippen molar-refractivity contribution in [3.8, 4) is 0 Å². The second-order valence-corrected chi connectivity index (χ2v) is 10.2. The molecular formula is C23H30N4O4S. The van der Waals surface area contributed by atoms with Crippen LogP contribution in [-0.2, 0) is 21.4 Å². The van der Waals surface area contributed by atoms with Crippen molar-refractivity contribution in [3.05, 3.63) is 59.7 Å². The number of anilines is 1. The summed E-state index contributed by atoms with van der Waals surface area (Å²) >= 11 is 0. The lowest BCUT2D eigenvalue weighted by molar-refractivity contribution is -0.129. The molecule has 1 aliphatic heterocycles. The van der Waals surface area contributed by atoms with Crippen LogP contribution >= 0.6 is 0 Å². The number of amides is 2. The molecule has 1 saturated heterocycles. The monoisotopic (exact) mass is 458 g/mol. The van der Waals surface area contributed by atoms with E-state index in [0.29, 0.717) is 6.54 Å². The molecule has 32 heavy (non-hydrogen) atoms. The van der Waals surface area contributed by atoms with Gasteiger partial charge in [-0.1, -0.05) is 24.3 Å². The summed E-state index contributed by atoms with van der Waals surface area (Å²) in [5.41, 5.74) is 2.40. The first kappa shape index (κ1) is 23.7. The van der Waals surface area contributed by atoms with Crippen LogP contribution in [0, 0.1) is 0 Å². The van der Waals surface area contributed by atoms with Gasteiger partial charge in [0.15, 0.2) is 0 Å². The third-order valence-corrected chi connectivity index (χ3v) is 7.36. The van der Waals surface area contributed by atoms with Crippen molar-refractivity contribution in [3.63, 3.8) is 0 Å². The van der Waals surface area contributed by atoms with Crippen LogP contribution in [0.4, 0.5) is 5.69 Å². The summed E-state index contributed by atoms with van der Waals surface area (Å²) in [7, 11) is 0.917. The minimum absolute atomic E-state index is 0.0251. The standard InChI is InChI=1S/C23H30N4O4S/c1-25(2)32(30,31)20-11-8-10-18(15-20)23(29)24-16-22(28)26(3)17-19-9-4-5-12-21(19)27-13-6-7-14-27/h4-5,8-12,15H,6-7,13-14,16-17H2,1-3H3,(H,24,29). The minimum atomic E-state index is -3.65. The summed E-state index contributed by atoms with van der Waals surface area (Å²) in [6, 6.07) is 13.8. The van der Waals surface area contributed by atoms with Crippen LogP contribution in [0.25, 0.3) is 0 Å². The average Bonchev–Trinajstić information content (AvgIpc) is 3.32. The normalized spacial score (nSPS) is 13.9. The summed E-state index contributed by atoms with van der Waals surface area (Å²) in [5, 5.41) is 2.59. The minimum Gasteiger partial charge on any atom is -0.371 e. The highest BCUT2D eigenvalue weighted by molar-refractivity contribution is 7.89. The van der Waals surface area contributed by atoms with E-state index in [1.165, 1.54) is 51.2 Å². The average molecular weight is 459 g/mol. The van der Waals surface area contributed by atoms with Crippen LogP contribution in [-0.4, -0.2) is 70.2 Å². The molecule has 2 aromatic carbocycles. The molecule has 0 unspecified atom stereocenters. The van der Waals surface area contributed by atoms with Gasteiger partial charge in [0.25, 0.3) is 5.91 Å². The van der Waals surface area contributed by atoms with E-state index in [9.17, 15) is 18.0 Å². The number of nitrogens with zero attached hydrogens (tertiary/aromatic N) is 3. The van der Waals surface area contributed by atoms with Crippen molar-refractivity contribution in [1.82, 2.24) is 14.5 Å². The first-order chi connectivity index (χ1) is 15.2. The Morgan fingerprint density at radius 2 is 1.69 bits per heavy atom. The summed E-state index contributed by atoms with van der Waals surface area (Å²) in [5.74, 6) is -0.730. The van der Waals surface area contributed by atoms with Crippen LogP contribution in [0.2, 0.25) is 0 Å². The number of hydrogen-bond donors (Lipinski definition) is 1. The van der Waals surface area contributed by atoms with E-state index in [1.54, 1.807) is 11.9 Å². The maximum atomic E-state index is 12.6. The highest BCUT2D eigenvalue weighted by Gasteiger charge is 2.20. The Labute approximate surface area is 189 Å². The predicted octanol–water partition coefficient (Wildman–Crippen LogP) is 1.93. The third kappa shape index (κ3) is 5.46.